The molecule has 0 unspecified atom stereocenters. The molecule has 0 fully saturated rings. The summed E-state index contributed by atoms with van der Waals surface area (Å²) in [6.45, 7) is 6.86. The predicted molar refractivity (Wildman–Crippen MR) is 70.3 cm³/mol. The molecule has 0 saturated carbocycles. The highest BCUT2D eigenvalue weighted by Crippen LogP contribution is 2.24. The third-order valence-electron chi connectivity index (χ3n) is 3.10. The van der Waals surface area contributed by atoms with Crippen LogP contribution in [0.25, 0.3) is 0 Å². The van der Waals surface area contributed by atoms with Crippen LogP contribution in [-0.4, -0.2) is 34.9 Å². The number of carbonyl (C=O) groups is 1. The van der Waals surface area contributed by atoms with E-state index >= 15 is 0 Å². The van der Waals surface area contributed by atoms with Crippen molar-refractivity contribution >= 4 is 18.9 Å². The molecule has 4 nitrogen and oxygen atoms in total. The summed E-state index contributed by atoms with van der Waals surface area (Å²) >= 11 is 0. The zero-order chi connectivity index (χ0) is 14.0. The van der Waals surface area contributed by atoms with Crippen LogP contribution in [0.2, 0.25) is 0 Å². The van der Waals surface area contributed by atoms with Gasteiger partial charge < -0.3 is 14.9 Å². The fraction of sp³-hybridized carbons (Fsp3) is 0.462. The normalized spacial score (nSPS) is 12.3. The fourth-order valence-corrected chi connectivity index (χ4v) is 1.10. The van der Waals surface area contributed by atoms with Crippen molar-refractivity contribution < 1.29 is 19.7 Å². The monoisotopic (exact) mass is 249 g/mol. The molecule has 0 aliphatic rings. The summed E-state index contributed by atoms with van der Waals surface area (Å²) in [5, 5.41) is 18.8. The lowest BCUT2D eigenvalue weighted by molar-refractivity contribution is -0.0893. The number of rotatable bonds is 5. The number of benzene rings is 1. The SMILES string of the molecule is CC(C)(O)C(C)(C)O[B]c1cccc(C(=O)O)c1. The lowest BCUT2D eigenvalue weighted by Gasteiger charge is -2.37. The maximum atomic E-state index is 10.8. The number of hydrogen-bond acceptors (Lipinski definition) is 3. The van der Waals surface area contributed by atoms with E-state index in [0.29, 0.717) is 5.46 Å². The Morgan fingerprint density at radius 1 is 1.28 bits per heavy atom. The van der Waals surface area contributed by atoms with Crippen LogP contribution >= 0.6 is 0 Å². The summed E-state index contributed by atoms with van der Waals surface area (Å²) in [7, 11) is 1.46. The van der Waals surface area contributed by atoms with Crippen LogP contribution in [-0.2, 0) is 4.65 Å². The summed E-state index contributed by atoms with van der Waals surface area (Å²) in [6, 6.07) is 6.42. The van der Waals surface area contributed by atoms with E-state index in [9.17, 15) is 9.90 Å². The van der Waals surface area contributed by atoms with Crippen LogP contribution in [0, 0.1) is 0 Å². The van der Waals surface area contributed by atoms with Gasteiger partial charge in [-0.2, -0.15) is 0 Å². The first kappa shape index (κ1) is 14.7. The molecule has 0 amide bonds. The Kier molecular flexibility index (Phi) is 4.19. The minimum Gasteiger partial charge on any atom is -0.478 e. The molecule has 0 saturated heterocycles. The lowest BCUT2D eigenvalue weighted by atomic mass is 9.82. The van der Waals surface area contributed by atoms with Gasteiger partial charge in [-0.25, -0.2) is 4.79 Å². The Morgan fingerprint density at radius 3 is 2.39 bits per heavy atom. The summed E-state index contributed by atoms with van der Waals surface area (Å²) in [5.74, 6) is -0.980. The van der Waals surface area contributed by atoms with E-state index < -0.39 is 17.2 Å². The summed E-state index contributed by atoms with van der Waals surface area (Å²) in [5.41, 5.74) is -0.930. The molecule has 0 bridgehead atoms. The van der Waals surface area contributed by atoms with Gasteiger partial charge in [-0.3, -0.25) is 0 Å². The van der Waals surface area contributed by atoms with Crippen LogP contribution in [0.3, 0.4) is 0 Å². The van der Waals surface area contributed by atoms with Crippen LogP contribution in [0.15, 0.2) is 24.3 Å². The molecule has 2 N–H and O–H groups in total. The van der Waals surface area contributed by atoms with Crippen molar-refractivity contribution in [2.45, 2.75) is 38.9 Å². The van der Waals surface area contributed by atoms with Gasteiger partial charge in [-0.15, -0.1) is 0 Å². The molecule has 5 heteroatoms. The maximum Gasteiger partial charge on any atom is 0.335 e. The Labute approximate surface area is 108 Å². The second-order valence-electron chi connectivity index (χ2n) is 5.24. The number of carboxylic acids is 1. The van der Waals surface area contributed by atoms with Gasteiger partial charge in [0, 0.05) is 0 Å². The van der Waals surface area contributed by atoms with Crippen molar-refractivity contribution in [2.24, 2.45) is 0 Å². The lowest BCUT2D eigenvalue weighted by Crippen LogP contribution is -2.49. The molecule has 18 heavy (non-hydrogen) atoms. The van der Waals surface area contributed by atoms with E-state index in [0.717, 1.165) is 0 Å². The zero-order valence-electron chi connectivity index (χ0n) is 11.1. The second kappa shape index (κ2) is 5.12. The highest BCUT2D eigenvalue weighted by Gasteiger charge is 2.35. The van der Waals surface area contributed by atoms with Gasteiger partial charge in [0.25, 0.3) is 0 Å². The van der Waals surface area contributed by atoms with Gasteiger partial charge in [0.15, 0.2) is 0 Å². The van der Waals surface area contributed by atoms with E-state index in [1.54, 1.807) is 39.8 Å². The molecule has 0 aliphatic heterocycles. The molecule has 1 aromatic carbocycles. The summed E-state index contributed by atoms with van der Waals surface area (Å²) in [6.07, 6.45) is 0. The van der Waals surface area contributed by atoms with Gasteiger partial charge in [-0.05, 0) is 33.8 Å². The van der Waals surface area contributed by atoms with Crippen LogP contribution in [0.4, 0.5) is 0 Å². The molecule has 1 aromatic rings. The Bertz CT molecular complexity index is 435. The second-order valence-corrected chi connectivity index (χ2v) is 5.24. The molecule has 0 aromatic heterocycles. The number of aromatic carboxylic acids is 1. The first-order chi connectivity index (χ1) is 8.13. The summed E-state index contributed by atoms with van der Waals surface area (Å²) in [4.78, 5) is 10.8. The van der Waals surface area contributed by atoms with E-state index in [-0.39, 0.29) is 5.56 Å². The average molecular weight is 249 g/mol. The Morgan fingerprint density at radius 2 is 1.89 bits per heavy atom. The van der Waals surface area contributed by atoms with E-state index in [2.05, 4.69) is 0 Å². The van der Waals surface area contributed by atoms with Crippen molar-refractivity contribution in [3.05, 3.63) is 29.8 Å². The fourth-order valence-electron chi connectivity index (χ4n) is 1.10. The highest BCUT2D eigenvalue weighted by molar-refractivity contribution is 6.47. The Balaban J connectivity index is 2.75. The van der Waals surface area contributed by atoms with E-state index in [4.69, 9.17) is 9.76 Å². The zero-order valence-corrected chi connectivity index (χ0v) is 11.1. The maximum absolute atomic E-state index is 10.8. The predicted octanol–water partition coefficient (Wildman–Crippen LogP) is 1.20. The number of carboxylic acid groups (broad SMARTS) is 1. The third kappa shape index (κ3) is 3.58. The summed E-state index contributed by atoms with van der Waals surface area (Å²) < 4.78 is 5.55. The molecular formula is C13H18BO4. The van der Waals surface area contributed by atoms with Crippen LogP contribution < -0.4 is 5.46 Å². The quantitative estimate of drug-likeness (QED) is 0.769. The number of aliphatic hydroxyl groups is 1. The van der Waals surface area contributed by atoms with Crippen molar-refractivity contribution in [3.63, 3.8) is 0 Å². The van der Waals surface area contributed by atoms with Crippen molar-refractivity contribution in [3.8, 4) is 0 Å². The minimum atomic E-state index is -1.01. The first-order valence-corrected chi connectivity index (χ1v) is 5.70. The number of hydrogen-bond donors (Lipinski definition) is 2. The molecule has 0 spiro atoms. The minimum absolute atomic E-state index is 0.202. The third-order valence-corrected chi connectivity index (χ3v) is 3.10. The standard InChI is InChI=1S/C13H18BO4/c1-12(2,17)13(3,4)18-14-10-7-5-6-9(8-10)11(15)16/h5-8,17H,1-4H3,(H,15,16). The Hall–Kier alpha value is -1.33. The molecule has 0 atom stereocenters. The largest absolute Gasteiger partial charge is 0.478 e. The van der Waals surface area contributed by atoms with Crippen molar-refractivity contribution in [1.29, 1.82) is 0 Å². The van der Waals surface area contributed by atoms with Gasteiger partial charge >= 0.3 is 13.5 Å². The van der Waals surface area contributed by atoms with Gasteiger partial charge in [0.2, 0.25) is 0 Å². The molecule has 0 aliphatic carbocycles. The average Bonchev–Trinajstić information content (AvgIpc) is 2.25. The smallest absolute Gasteiger partial charge is 0.335 e. The van der Waals surface area contributed by atoms with Gasteiger partial charge in [0.1, 0.15) is 0 Å². The van der Waals surface area contributed by atoms with Crippen LogP contribution in [0.5, 0.6) is 0 Å². The van der Waals surface area contributed by atoms with Crippen LogP contribution in [0.1, 0.15) is 38.1 Å². The first-order valence-electron chi connectivity index (χ1n) is 5.70. The molecular weight excluding hydrogens is 231 g/mol. The van der Waals surface area contributed by atoms with Gasteiger partial charge in [-0.1, -0.05) is 23.7 Å². The van der Waals surface area contributed by atoms with Gasteiger partial charge in [0.05, 0.1) is 16.8 Å². The molecule has 1 radical (unpaired) electrons. The molecule has 0 heterocycles. The highest BCUT2D eigenvalue weighted by atomic mass is 16.5. The topological polar surface area (TPSA) is 66.8 Å². The molecule has 1 rings (SSSR count). The van der Waals surface area contributed by atoms with E-state index in [1.807, 2.05) is 0 Å². The van der Waals surface area contributed by atoms with Crippen molar-refractivity contribution in [1.82, 2.24) is 0 Å². The van der Waals surface area contributed by atoms with E-state index in [1.165, 1.54) is 19.6 Å². The van der Waals surface area contributed by atoms with Crippen molar-refractivity contribution in [2.75, 3.05) is 0 Å². The molecule has 97 valence electrons.